The van der Waals surface area contributed by atoms with Crippen molar-refractivity contribution in [1.29, 1.82) is 0 Å². The minimum atomic E-state index is -4.40. The zero-order valence-corrected chi connectivity index (χ0v) is 10.4. The third-order valence-corrected chi connectivity index (χ3v) is 2.87. The molecule has 0 aromatic carbocycles. The summed E-state index contributed by atoms with van der Waals surface area (Å²) in [4.78, 5) is 9.43. The number of nitrogens with zero attached hydrogens (tertiary/aromatic N) is 3. The summed E-state index contributed by atoms with van der Waals surface area (Å²) in [5.74, 6) is 0.315. The summed E-state index contributed by atoms with van der Waals surface area (Å²) in [5, 5.41) is 3.25. The molecular weight excluding hydrogens is 261 g/mol. The van der Waals surface area contributed by atoms with Crippen LogP contribution in [0.15, 0.2) is 12.4 Å². The molecule has 2 heterocycles. The van der Waals surface area contributed by atoms with E-state index < -0.39 is 11.7 Å². The van der Waals surface area contributed by atoms with E-state index in [1.165, 1.54) is 0 Å². The van der Waals surface area contributed by atoms with Crippen LogP contribution in [-0.4, -0.2) is 49.4 Å². The predicted molar refractivity (Wildman–Crippen MR) is 62.9 cm³/mol. The number of alkyl halides is 3. The first kappa shape index (κ1) is 14.0. The first-order chi connectivity index (χ1) is 9.00. The number of halogens is 3. The predicted octanol–water partition coefficient (Wildman–Crippen LogP) is 0.920. The summed E-state index contributed by atoms with van der Waals surface area (Å²) in [6, 6.07) is 0.129. The molecule has 5 nitrogen and oxygen atoms in total. The van der Waals surface area contributed by atoms with Gasteiger partial charge in [0.1, 0.15) is 0 Å². The molecule has 0 radical (unpaired) electrons. The van der Waals surface area contributed by atoms with Crippen LogP contribution in [0, 0.1) is 0 Å². The molecule has 1 fully saturated rings. The van der Waals surface area contributed by atoms with Crippen molar-refractivity contribution >= 4 is 5.95 Å². The normalized spacial score (nSPS) is 20.6. The average Bonchev–Trinajstić information content (AvgIpc) is 2.39. The van der Waals surface area contributed by atoms with Crippen molar-refractivity contribution in [3.8, 4) is 0 Å². The van der Waals surface area contributed by atoms with Crippen LogP contribution in [0.3, 0.4) is 0 Å². The van der Waals surface area contributed by atoms with Crippen molar-refractivity contribution < 1.29 is 17.9 Å². The van der Waals surface area contributed by atoms with E-state index in [9.17, 15) is 13.2 Å². The van der Waals surface area contributed by atoms with E-state index >= 15 is 0 Å². The van der Waals surface area contributed by atoms with Crippen LogP contribution in [0.2, 0.25) is 0 Å². The minimum absolute atomic E-state index is 0.129. The molecule has 1 atom stereocenters. The second-order valence-corrected chi connectivity index (χ2v) is 4.32. The molecule has 2 rings (SSSR count). The summed E-state index contributed by atoms with van der Waals surface area (Å²) >= 11 is 0. The quantitative estimate of drug-likeness (QED) is 0.889. The van der Waals surface area contributed by atoms with E-state index in [-0.39, 0.29) is 6.04 Å². The SMILES string of the molecule is COC[C@@H]1CN(c2ncc(C(F)(F)F)cn2)CCN1. The van der Waals surface area contributed by atoms with E-state index in [4.69, 9.17) is 4.74 Å². The van der Waals surface area contributed by atoms with Gasteiger partial charge in [-0.3, -0.25) is 0 Å². The highest BCUT2D eigenvalue weighted by Crippen LogP contribution is 2.28. The molecule has 0 unspecified atom stereocenters. The number of aromatic nitrogens is 2. The Hall–Kier alpha value is -1.41. The standard InChI is InChI=1S/C11H15F3N4O/c1-19-7-9-6-18(3-2-15-9)10-16-4-8(5-17-10)11(12,13)14/h4-5,9,15H,2-3,6-7H2,1H3/t9-/m0/s1. The van der Waals surface area contributed by atoms with Crippen LogP contribution in [0.5, 0.6) is 0 Å². The van der Waals surface area contributed by atoms with E-state index in [2.05, 4.69) is 15.3 Å². The van der Waals surface area contributed by atoms with Crippen molar-refractivity contribution in [3.63, 3.8) is 0 Å². The Morgan fingerprint density at radius 1 is 1.42 bits per heavy atom. The second kappa shape index (κ2) is 5.70. The number of nitrogens with one attached hydrogen (secondary N) is 1. The maximum Gasteiger partial charge on any atom is 0.419 e. The average molecular weight is 276 g/mol. The van der Waals surface area contributed by atoms with Gasteiger partial charge in [0, 0.05) is 45.2 Å². The molecule has 0 aliphatic carbocycles. The van der Waals surface area contributed by atoms with Crippen molar-refractivity contribution in [3.05, 3.63) is 18.0 Å². The topological polar surface area (TPSA) is 50.3 Å². The zero-order valence-electron chi connectivity index (χ0n) is 10.4. The molecule has 1 saturated heterocycles. The van der Waals surface area contributed by atoms with Gasteiger partial charge < -0.3 is 15.0 Å². The Morgan fingerprint density at radius 3 is 2.68 bits per heavy atom. The lowest BCUT2D eigenvalue weighted by atomic mass is 10.2. The summed E-state index contributed by atoms with van der Waals surface area (Å²) in [7, 11) is 1.61. The van der Waals surface area contributed by atoms with Crippen LogP contribution in [-0.2, 0) is 10.9 Å². The van der Waals surface area contributed by atoms with Crippen LogP contribution < -0.4 is 10.2 Å². The Bertz CT molecular complexity index is 407. The maximum absolute atomic E-state index is 12.4. The molecule has 1 N–H and O–H groups in total. The zero-order chi connectivity index (χ0) is 13.9. The largest absolute Gasteiger partial charge is 0.419 e. The lowest BCUT2D eigenvalue weighted by Crippen LogP contribution is -2.53. The molecule has 8 heteroatoms. The lowest BCUT2D eigenvalue weighted by molar-refractivity contribution is -0.138. The van der Waals surface area contributed by atoms with Gasteiger partial charge in [-0.2, -0.15) is 13.2 Å². The van der Waals surface area contributed by atoms with Gasteiger partial charge >= 0.3 is 6.18 Å². The number of rotatable bonds is 3. The monoisotopic (exact) mass is 276 g/mol. The summed E-state index contributed by atoms with van der Waals surface area (Å²) in [5.41, 5.74) is -0.833. The molecule has 1 aromatic rings. The Kier molecular flexibility index (Phi) is 4.20. The molecule has 0 amide bonds. The van der Waals surface area contributed by atoms with Crippen molar-refractivity contribution in [1.82, 2.24) is 15.3 Å². The van der Waals surface area contributed by atoms with E-state index in [1.54, 1.807) is 7.11 Å². The molecular formula is C11H15F3N4O. The number of methoxy groups -OCH3 is 1. The van der Waals surface area contributed by atoms with Gasteiger partial charge in [0.25, 0.3) is 0 Å². The van der Waals surface area contributed by atoms with Gasteiger partial charge in [0.15, 0.2) is 0 Å². The fourth-order valence-electron chi connectivity index (χ4n) is 1.95. The summed E-state index contributed by atoms with van der Waals surface area (Å²) in [6.45, 7) is 2.53. The first-order valence-corrected chi connectivity index (χ1v) is 5.87. The van der Waals surface area contributed by atoms with Crippen molar-refractivity contribution in [2.45, 2.75) is 12.2 Å². The van der Waals surface area contributed by atoms with Crippen LogP contribution in [0.1, 0.15) is 5.56 Å². The highest BCUT2D eigenvalue weighted by atomic mass is 19.4. The number of anilines is 1. The highest BCUT2D eigenvalue weighted by Gasteiger charge is 2.31. The van der Waals surface area contributed by atoms with Crippen LogP contribution in [0.25, 0.3) is 0 Å². The lowest BCUT2D eigenvalue weighted by Gasteiger charge is -2.33. The number of ether oxygens (including phenoxy) is 1. The second-order valence-electron chi connectivity index (χ2n) is 4.32. The van der Waals surface area contributed by atoms with Crippen LogP contribution >= 0.6 is 0 Å². The molecule has 1 aliphatic rings. The van der Waals surface area contributed by atoms with Crippen molar-refractivity contribution in [2.75, 3.05) is 38.3 Å². The van der Waals surface area contributed by atoms with Gasteiger partial charge in [0.05, 0.1) is 12.2 Å². The Morgan fingerprint density at radius 2 is 2.11 bits per heavy atom. The number of piperazine rings is 1. The van der Waals surface area contributed by atoms with Gasteiger partial charge in [-0.1, -0.05) is 0 Å². The van der Waals surface area contributed by atoms with E-state index in [0.29, 0.717) is 25.6 Å². The maximum atomic E-state index is 12.4. The molecule has 19 heavy (non-hydrogen) atoms. The number of hydrogen-bond acceptors (Lipinski definition) is 5. The number of hydrogen-bond donors (Lipinski definition) is 1. The van der Waals surface area contributed by atoms with Gasteiger partial charge in [-0.05, 0) is 0 Å². The van der Waals surface area contributed by atoms with E-state index in [0.717, 1.165) is 18.9 Å². The molecule has 0 spiro atoms. The Balaban J connectivity index is 2.05. The molecule has 0 saturated carbocycles. The van der Waals surface area contributed by atoms with Gasteiger partial charge in [-0.15, -0.1) is 0 Å². The van der Waals surface area contributed by atoms with E-state index in [1.807, 2.05) is 4.90 Å². The molecule has 1 aliphatic heterocycles. The molecule has 106 valence electrons. The summed E-state index contributed by atoms with van der Waals surface area (Å²) < 4.78 is 42.3. The highest BCUT2D eigenvalue weighted by molar-refractivity contribution is 5.31. The van der Waals surface area contributed by atoms with Gasteiger partial charge in [0.2, 0.25) is 5.95 Å². The molecule has 0 bridgehead atoms. The summed E-state index contributed by atoms with van der Waals surface area (Å²) in [6.07, 6.45) is -2.77. The fraction of sp³-hybridized carbons (Fsp3) is 0.636. The molecule has 1 aromatic heterocycles. The third kappa shape index (κ3) is 3.54. The van der Waals surface area contributed by atoms with Gasteiger partial charge in [-0.25, -0.2) is 9.97 Å². The van der Waals surface area contributed by atoms with Crippen LogP contribution in [0.4, 0.5) is 19.1 Å². The third-order valence-electron chi connectivity index (χ3n) is 2.87. The Labute approximate surface area is 108 Å². The first-order valence-electron chi connectivity index (χ1n) is 5.87. The minimum Gasteiger partial charge on any atom is -0.383 e. The van der Waals surface area contributed by atoms with Crippen molar-refractivity contribution in [2.24, 2.45) is 0 Å². The smallest absolute Gasteiger partial charge is 0.383 e. The fourth-order valence-corrected chi connectivity index (χ4v) is 1.95.